The number of ether oxygens (including phenoxy) is 2. The molecule has 0 bridgehead atoms. The number of hydrogen-bond acceptors (Lipinski definition) is 6. The van der Waals surface area contributed by atoms with Crippen LogP contribution < -0.4 is 10.6 Å². The van der Waals surface area contributed by atoms with E-state index in [-0.39, 0.29) is 18.4 Å². The number of nitrogens with one attached hydrogen (secondary N) is 2. The molecule has 0 saturated carbocycles. The zero-order chi connectivity index (χ0) is 28.9. The number of carbonyl (C=O) groups excluding carboxylic acids is 4. The van der Waals surface area contributed by atoms with Gasteiger partial charge in [-0.3, -0.25) is 14.4 Å². The van der Waals surface area contributed by atoms with Crippen LogP contribution in [0.1, 0.15) is 90.8 Å². The maximum absolute atomic E-state index is 14.1. The van der Waals surface area contributed by atoms with Gasteiger partial charge in [-0.2, -0.15) is 0 Å². The zero-order valence-corrected chi connectivity index (χ0v) is 24.4. The lowest BCUT2D eigenvalue weighted by Gasteiger charge is -2.35. The van der Waals surface area contributed by atoms with E-state index < -0.39 is 35.7 Å². The van der Waals surface area contributed by atoms with E-state index in [2.05, 4.69) is 22.3 Å². The third-order valence-corrected chi connectivity index (χ3v) is 5.94. The first-order valence-corrected chi connectivity index (χ1v) is 13.5. The highest BCUT2D eigenvalue weighted by molar-refractivity contribution is 5.93. The number of amides is 3. The second-order valence-electron chi connectivity index (χ2n) is 10.9. The van der Waals surface area contributed by atoms with Gasteiger partial charge >= 0.3 is 12.1 Å². The van der Waals surface area contributed by atoms with E-state index in [1.165, 1.54) is 12.0 Å². The van der Waals surface area contributed by atoms with Gasteiger partial charge in [0.05, 0.1) is 7.11 Å². The van der Waals surface area contributed by atoms with Crippen molar-refractivity contribution in [2.24, 2.45) is 5.92 Å². The summed E-state index contributed by atoms with van der Waals surface area (Å²) in [5, 5.41) is 5.34. The first-order valence-electron chi connectivity index (χ1n) is 13.5. The van der Waals surface area contributed by atoms with Gasteiger partial charge in [0.1, 0.15) is 24.2 Å². The smallest absolute Gasteiger partial charge is 0.408 e. The maximum Gasteiger partial charge on any atom is 0.408 e. The molecule has 1 aromatic carbocycles. The molecule has 3 amide bonds. The molecule has 0 saturated heterocycles. The Morgan fingerprint density at radius 3 is 2.24 bits per heavy atom. The number of rotatable bonds is 14. The molecule has 0 fully saturated rings. The summed E-state index contributed by atoms with van der Waals surface area (Å²) in [5.74, 6) is -1.75. The summed E-state index contributed by atoms with van der Waals surface area (Å²) < 4.78 is 10.1. The molecule has 38 heavy (non-hydrogen) atoms. The molecule has 1 aromatic rings. The Bertz CT molecular complexity index is 925. The molecule has 2 unspecified atom stereocenters. The summed E-state index contributed by atoms with van der Waals surface area (Å²) in [6, 6.07) is 5.46. The summed E-state index contributed by atoms with van der Waals surface area (Å²) in [6.07, 6.45) is 4.08. The molecule has 0 heterocycles. The summed E-state index contributed by atoms with van der Waals surface area (Å²) in [7, 11) is 1.24. The fraction of sp³-hybridized carbons (Fsp3) is 0.655. The molecule has 9 heteroatoms. The van der Waals surface area contributed by atoms with Crippen molar-refractivity contribution in [1.29, 1.82) is 0 Å². The van der Waals surface area contributed by atoms with Crippen molar-refractivity contribution in [3.05, 3.63) is 35.4 Å². The summed E-state index contributed by atoms with van der Waals surface area (Å²) >= 11 is 0. The Balaban J connectivity index is 3.44. The van der Waals surface area contributed by atoms with Gasteiger partial charge < -0.3 is 25.0 Å². The summed E-state index contributed by atoms with van der Waals surface area (Å²) in [5.41, 5.74) is 0.816. The topological polar surface area (TPSA) is 114 Å². The summed E-state index contributed by atoms with van der Waals surface area (Å²) in [6.45, 7) is 12.9. The van der Waals surface area contributed by atoms with Crippen LogP contribution in [0.3, 0.4) is 0 Å². The molecule has 0 aliphatic heterocycles. The second-order valence-corrected chi connectivity index (χ2v) is 10.9. The van der Waals surface area contributed by atoms with Gasteiger partial charge in [-0.05, 0) is 45.6 Å². The minimum atomic E-state index is -1.00. The average Bonchev–Trinajstić information content (AvgIpc) is 2.83. The van der Waals surface area contributed by atoms with Crippen molar-refractivity contribution in [3.63, 3.8) is 0 Å². The second kappa shape index (κ2) is 16.0. The lowest BCUT2D eigenvalue weighted by molar-refractivity contribution is -0.145. The number of nitrogens with zero attached hydrogens (tertiary/aromatic N) is 1. The van der Waals surface area contributed by atoms with Crippen LogP contribution in [0.15, 0.2) is 24.3 Å². The van der Waals surface area contributed by atoms with Gasteiger partial charge in [0.15, 0.2) is 0 Å². The van der Waals surface area contributed by atoms with Crippen LogP contribution in [0.5, 0.6) is 0 Å². The average molecular weight is 534 g/mol. The fourth-order valence-electron chi connectivity index (χ4n) is 4.02. The fourth-order valence-corrected chi connectivity index (χ4v) is 4.02. The van der Waals surface area contributed by atoms with Crippen LogP contribution in [0.2, 0.25) is 0 Å². The van der Waals surface area contributed by atoms with E-state index in [0.29, 0.717) is 18.5 Å². The van der Waals surface area contributed by atoms with E-state index in [9.17, 15) is 19.2 Å². The molecule has 2 atom stereocenters. The molecular weight excluding hydrogens is 486 g/mol. The van der Waals surface area contributed by atoms with E-state index in [1.807, 2.05) is 39.0 Å². The lowest BCUT2D eigenvalue weighted by atomic mass is 9.97. The summed E-state index contributed by atoms with van der Waals surface area (Å²) in [4.78, 5) is 53.5. The van der Waals surface area contributed by atoms with E-state index >= 15 is 0 Å². The van der Waals surface area contributed by atoms with Crippen LogP contribution in [0.25, 0.3) is 0 Å². The van der Waals surface area contributed by atoms with Crippen molar-refractivity contribution in [2.75, 3.05) is 20.2 Å². The number of unbranched alkanes of at least 4 members (excludes halogenated alkanes) is 4. The third kappa shape index (κ3) is 11.5. The Kier molecular flexibility index (Phi) is 13.9. The predicted octanol–water partition coefficient (Wildman–Crippen LogP) is 4.67. The standard InChI is InChI=1S/C29H47N3O6/c1-9-10-11-12-13-17-32(27(35)24(20(2)3)31-28(36)38-29(5,6)7)25(22-16-14-15-21(4)18-22)26(34)30-19-23(33)37-8/h14-16,18,20,24-25H,9-13,17,19H2,1-8H3,(H,30,34)(H,31,36). The van der Waals surface area contributed by atoms with Crippen molar-refractivity contribution < 1.29 is 28.7 Å². The Labute approximate surface area is 228 Å². The largest absolute Gasteiger partial charge is 0.468 e. The maximum atomic E-state index is 14.1. The number of carbonyl (C=O) groups is 4. The first kappa shape index (κ1) is 32.9. The van der Waals surface area contributed by atoms with Gasteiger partial charge in [-0.1, -0.05) is 76.3 Å². The highest BCUT2D eigenvalue weighted by Gasteiger charge is 2.37. The van der Waals surface area contributed by atoms with Gasteiger partial charge in [0.25, 0.3) is 0 Å². The number of aryl methyl sites for hydroxylation is 1. The van der Waals surface area contributed by atoms with Crippen LogP contribution in [0, 0.1) is 12.8 Å². The number of alkyl carbamates (subject to hydrolysis) is 1. The van der Waals surface area contributed by atoms with Crippen molar-refractivity contribution in [2.45, 2.75) is 98.3 Å². The third-order valence-electron chi connectivity index (χ3n) is 5.94. The van der Waals surface area contributed by atoms with Gasteiger partial charge in [-0.25, -0.2) is 4.79 Å². The van der Waals surface area contributed by atoms with Gasteiger partial charge in [0, 0.05) is 6.54 Å². The lowest BCUT2D eigenvalue weighted by Crippen LogP contribution is -2.55. The van der Waals surface area contributed by atoms with Crippen LogP contribution in [-0.2, 0) is 23.9 Å². The molecule has 2 N–H and O–H groups in total. The van der Waals surface area contributed by atoms with Crippen molar-refractivity contribution >= 4 is 23.9 Å². The molecule has 0 aromatic heterocycles. The molecule has 0 radical (unpaired) electrons. The molecule has 0 aliphatic carbocycles. The van der Waals surface area contributed by atoms with Crippen LogP contribution in [-0.4, -0.2) is 60.6 Å². The zero-order valence-electron chi connectivity index (χ0n) is 24.4. The number of methoxy groups -OCH3 is 1. The molecule has 9 nitrogen and oxygen atoms in total. The SMILES string of the molecule is CCCCCCCN(C(=O)C(NC(=O)OC(C)(C)C)C(C)C)C(C(=O)NCC(=O)OC)c1cccc(C)c1. The number of benzene rings is 1. The predicted molar refractivity (Wildman–Crippen MR) is 147 cm³/mol. The first-order chi connectivity index (χ1) is 17.8. The monoisotopic (exact) mass is 533 g/mol. The number of hydrogen-bond donors (Lipinski definition) is 2. The minimum absolute atomic E-state index is 0.270. The van der Waals surface area contributed by atoms with E-state index in [1.54, 1.807) is 26.8 Å². The normalized spacial score (nSPS) is 12.9. The van der Waals surface area contributed by atoms with Gasteiger partial charge in [0.2, 0.25) is 11.8 Å². The molecular formula is C29H47N3O6. The Morgan fingerprint density at radius 1 is 1.03 bits per heavy atom. The number of esters is 1. The molecule has 214 valence electrons. The molecule has 0 spiro atoms. The van der Waals surface area contributed by atoms with E-state index in [0.717, 1.165) is 31.2 Å². The van der Waals surface area contributed by atoms with Crippen LogP contribution in [0.4, 0.5) is 4.79 Å². The minimum Gasteiger partial charge on any atom is -0.468 e. The Hall–Kier alpha value is -3.10. The molecule has 0 aliphatic rings. The van der Waals surface area contributed by atoms with Crippen molar-refractivity contribution in [3.8, 4) is 0 Å². The highest BCUT2D eigenvalue weighted by Crippen LogP contribution is 2.25. The van der Waals surface area contributed by atoms with Crippen LogP contribution >= 0.6 is 0 Å². The van der Waals surface area contributed by atoms with Gasteiger partial charge in [-0.15, -0.1) is 0 Å². The van der Waals surface area contributed by atoms with Crippen molar-refractivity contribution in [1.82, 2.24) is 15.5 Å². The van der Waals surface area contributed by atoms with E-state index in [4.69, 9.17) is 4.74 Å². The molecule has 1 rings (SSSR count). The quantitative estimate of drug-likeness (QED) is 0.265. The Morgan fingerprint density at radius 2 is 1.68 bits per heavy atom. The highest BCUT2D eigenvalue weighted by atomic mass is 16.6.